The molecule has 0 atom stereocenters. The SMILES string of the molecule is CCOc1cccc(NCCC(C)(C)C)c1. The number of hydrogen-bond donors (Lipinski definition) is 1. The molecule has 0 saturated carbocycles. The van der Waals surface area contributed by atoms with Crippen LogP contribution >= 0.6 is 0 Å². The first-order valence-electron chi connectivity index (χ1n) is 5.98. The van der Waals surface area contributed by atoms with Gasteiger partial charge in [-0.05, 0) is 30.9 Å². The van der Waals surface area contributed by atoms with E-state index in [4.69, 9.17) is 4.74 Å². The Morgan fingerprint density at radius 1 is 1.25 bits per heavy atom. The molecular weight excluding hydrogens is 198 g/mol. The Bertz CT molecular complexity index is 315. The quantitative estimate of drug-likeness (QED) is 0.813. The van der Waals surface area contributed by atoms with E-state index in [1.165, 1.54) is 0 Å². The van der Waals surface area contributed by atoms with Gasteiger partial charge in [0.05, 0.1) is 6.61 Å². The zero-order chi connectivity index (χ0) is 12.0. The van der Waals surface area contributed by atoms with Gasteiger partial charge in [-0.3, -0.25) is 0 Å². The summed E-state index contributed by atoms with van der Waals surface area (Å²) < 4.78 is 5.45. The Kier molecular flexibility index (Phi) is 4.66. The fraction of sp³-hybridized carbons (Fsp3) is 0.571. The van der Waals surface area contributed by atoms with Gasteiger partial charge in [-0.2, -0.15) is 0 Å². The lowest BCUT2D eigenvalue weighted by Gasteiger charge is -2.18. The Labute approximate surface area is 99.0 Å². The van der Waals surface area contributed by atoms with Crippen LogP contribution in [0.3, 0.4) is 0 Å². The van der Waals surface area contributed by atoms with Gasteiger partial charge in [-0.15, -0.1) is 0 Å². The number of ether oxygens (including phenoxy) is 1. The molecule has 0 aliphatic heterocycles. The van der Waals surface area contributed by atoms with Crippen molar-refractivity contribution in [2.45, 2.75) is 34.1 Å². The van der Waals surface area contributed by atoms with Gasteiger partial charge in [0.15, 0.2) is 0 Å². The fourth-order valence-corrected chi connectivity index (χ4v) is 1.44. The van der Waals surface area contributed by atoms with Crippen molar-refractivity contribution in [2.75, 3.05) is 18.5 Å². The summed E-state index contributed by atoms with van der Waals surface area (Å²) in [5, 5.41) is 3.42. The van der Waals surface area contributed by atoms with E-state index in [-0.39, 0.29) is 0 Å². The van der Waals surface area contributed by atoms with Crippen molar-refractivity contribution in [1.82, 2.24) is 0 Å². The van der Waals surface area contributed by atoms with Crippen molar-refractivity contribution in [2.24, 2.45) is 5.41 Å². The molecule has 0 saturated heterocycles. The van der Waals surface area contributed by atoms with Crippen molar-refractivity contribution in [1.29, 1.82) is 0 Å². The van der Waals surface area contributed by atoms with Crippen LogP contribution in [0.25, 0.3) is 0 Å². The molecule has 0 radical (unpaired) electrons. The molecule has 1 aromatic rings. The average Bonchev–Trinajstić information content (AvgIpc) is 2.17. The molecule has 2 heteroatoms. The van der Waals surface area contributed by atoms with Gasteiger partial charge in [0.2, 0.25) is 0 Å². The lowest BCUT2D eigenvalue weighted by molar-refractivity contribution is 0.340. The maximum Gasteiger partial charge on any atom is 0.121 e. The zero-order valence-electron chi connectivity index (χ0n) is 10.8. The largest absolute Gasteiger partial charge is 0.494 e. The highest BCUT2D eigenvalue weighted by molar-refractivity contribution is 5.48. The second-order valence-electron chi connectivity index (χ2n) is 5.20. The van der Waals surface area contributed by atoms with Crippen molar-refractivity contribution in [3.05, 3.63) is 24.3 Å². The predicted octanol–water partition coefficient (Wildman–Crippen LogP) is 3.93. The van der Waals surface area contributed by atoms with Gasteiger partial charge in [0.1, 0.15) is 5.75 Å². The maximum atomic E-state index is 5.45. The van der Waals surface area contributed by atoms with E-state index in [0.717, 1.165) is 24.4 Å². The van der Waals surface area contributed by atoms with Crippen LogP contribution in [0.5, 0.6) is 5.75 Å². The molecule has 1 rings (SSSR count). The highest BCUT2D eigenvalue weighted by Gasteiger charge is 2.08. The maximum absolute atomic E-state index is 5.45. The minimum Gasteiger partial charge on any atom is -0.494 e. The standard InChI is InChI=1S/C14H23NO/c1-5-16-13-8-6-7-12(11-13)15-10-9-14(2,3)4/h6-8,11,15H,5,9-10H2,1-4H3. The van der Waals surface area contributed by atoms with Crippen molar-refractivity contribution in [3.8, 4) is 5.75 Å². The van der Waals surface area contributed by atoms with Crippen molar-refractivity contribution < 1.29 is 4.74 Å². The zero-order valence-corrected chi connectivity index (χ0v) is 10.8. The topological polar surface area (TPSA) is 21.3 Å². The van der Waals surface area contributed by atoms with Crippen LogP contribution < -0.4 is 10.1 Å². The second-order valence-corrected chi connectivity index (χ2v) is 5.20. The van der Waals surface area contributed by atoms with E-state index < -0.39 is 0 Å². The molecule has 0 heterocycles. The molecule has 2 nitrogen and oxygen atoms in total. The molecule has 16 heavy (non-hydrogen) atoms. The van der Waals surface area contributed by atoms with Crippen LogP contribution in [0.1, 0.15) is 34.1 Å². The van der Waals surface area contributed by atoms with E-state index in [0.29, 0.717) is 12.0 Å². The molecule has 0 amide bonds. The number of anilines is 1. The average molecular weight is 221 g/mol. The predicted molar refractivity (Wildman–Crippen MR) is 70.2 cm³/mol. The van der Waals surface area contributed by atoms with Gasteiger partial charge in [0, 0.05) is 18.3 Å². The summed E-state index contributed by atoms with van der Waals surface area (Å²) in [4.78, 5) is 0. The first-order chi connectivity index (χ1) is 7.51. The molecule has 1 aromatic carbocycles. The summed E-state index contributed by atoms with van der Waals surface area (Å²) >= 11 is 0. The summed E-state index contributed by atoms with van der Waals surface area (Å²) in [6.07, 6.45) is 1.16. The van der Waals surface area contributed by atoms with Gasteiger partial charge in [0.25, 0.3) is 0 Å². The van der Waals surface area contributed by atoms with Gasteiger partial charge >= 0.3 is 0 Å². The fourth-order valence-electron chi connectivity index (χ4n) is 1.44. The second kappa shape index (κ2) is 5.78. The molecule has 0 aliphatic rings. The van der Waals surface area contributed by atoms with Crippen molar-refractivity contribution >= 4 is 5.69 Å². The summed E-state index contributed by atoms with van der Waals surface area (Å²) in [5.41, 5.74) is 1.51. The normalized spacial score (nSPS) is 11.2. The highest BCUT2D eigenvalue weighted by atomic mass is 16.5. The van der Waals surface area contributed by atoms with Crippen LogP contribution in [0.15, 0.2) is 24.3 Å². The van der Waals surface area contributed by atoms with Crippen LogP contribution in [-0.2, 0) is 0 Å². The molecule has 0 aliphatic carbocycles. The van der Waals surface area contributed by atoms with Gasteiger partial charge < -0.3 is 10.1 Å². The van der Waals surface area contributed by atoms with E-state index in [1.807, 2.05) is 25.1 Å². The van der Waals surface area contributed by atoms with E-state index >= 15 is 0 Å². The van der Waals surface area contributed by atoms with Crippen LogP contribution in [0, 0.1) is 5.41 Å². The summed E-state index contributed by atoms with van der Waals surface area (Å²) in [6, 6.07) is 8.13. The number of rotatable bonds is 5. The first kappa shape index (κ1) is 12.9. The third-order valence-electron chi connectivity index (χ3n) is 2.35. The number of nitrogens with one attached hydrogen (secondary N) is 1. The highest BCUT2D eigenvalue weighted by Crippen LogP contribution is 2.20. The smallest absolute Gasteiger partial charge is 0.121 e. The Hall–Kier alpha value is -1.18. The van der Waals surface area contributed by atoms with Crippen LogP contribution in [0.2, 0.25) is 0 Å². The van der Waals surface area contributed by atoms with Crippen molar-refractivity contribution in [3.63, 3.8) is 0 Å². The minimum absolute atomic E-state index is 0.379. The Morgan fingerprint density at radius 2 is 2.00 bits per heavy atom. The van der Waals surface area contributed by atoms with E-state index in [1.54, 1.807) is 0 Å². The number of hydrogen-bond acceptors (Lipinski definition) is 2. The summed E-state index contributed by atoms with van der Waals surface area (Å²) in [6.45, 7) is 10.5. The molecule has 0 spiro atoms. The Balaban J connectivity index is 2.44. The summed E-state index contributed by atoms with van der Waals surface area (Å²) in [5.74, 6) is 0.934. The molecular formula is C14H23NO. The molecule has 90 valence electrons. The lowest BCUT2D eigenvalue weighted by Crippen LogP contribution is -2.12. The number of benzene rings is 1. The monoisotopic (exact) mass is 221 g/mol. The molecule has 0 aromatic heterocycles. The van der Waals surface area contributed by atoms with Crippen LogP contribution in [0.4, 0.5) is 5.69 Å². The minimum atomic E-state index is 0.379. The molecule has 1 N–H and O–H groups in total. The molecule has 0 bridgehead atoms. The molecule has 0 fully saturated rings. The summed E-state index contributed by atoms with van der Waals surface area (Å²) in [7, 11) is 0. The van der Waals surface area contributed by atoms with Crippen LogP contribution in [-0.4, -0.2) is 13.2 Å². The van der Waals surface area contributed by atoms with Gasteiger partial charge in [-0.1, -0.05) is 26.8 Å². The third-order valence-corrected chi connectivity index (χ3v) is 2.35. The lowest BCUT2D eigenvalue weighted by atomic mass is 9.92. The van der Waals surface area contributed by atoms with Gasteiger partial charge in [-0.25, -0.2) is 0 Å². The third kappa shape index (κ3) is 5.06. The van der Waals surface area contributed by atoms with E-state index in [2.05, 4.69) is 32.2 Å². The van der Waals surface area contributed by atoms with E-state index in [9.17, 15) is 0 Å². The first-order valence-corrected chi connectivity index (χ1v) is 5.98. The molecule has 0 unspecified atom stereocenters. The Morgan fingerprint density at radius 3 is 2.62 bits per heavy atom.